The minimum Gasteiger partial charge on any atom is -0.465 e. The minimum absolute atomic E-state index is 0.141. The van der Waals surface area contributed by atoms with Crippen LogP contribution >= 0.6 is 11.3 Å². The number of aromatic nitrogens is 1. The van der Waals surface area contributed by atoms with E-state index in [0.29, 0.717) is 55.2 Å². The Bertz CT molecular complexity index is 1360. The predicted octanol–water partition coefficient (Wildman–Crippen LogP) is 4.92. The summed E-state index contributed by atoms with van der Waals surface area (Å²) in [5, 5.41) is 10.5. The number of carboxylic acid groups (broad SMARTS) is 1. The maximum Gasteiger partial charge on any atom is 0.418 e. The van der Waals surface area contributed by atoms with E-state index in [2.05, 4.69) is 9.88 Å². The largest absolute Gasteiger partial charge is 0.465 e. The lowest BCUT2D eigenvalue weighted by Crippen LogP contribution is -2.58. The number of carbonyl (C=O) groups excluding carboxylic acids is 3. The van der Waals surface area contributed by atoms with Crippen LogP contribution in [0.2, 0.25) is 0 Å². The summed E-state index contributed by atoms with van der Waals surface area (Å²) in [7, 11) is 0. The Morgan fingerprint density at radius 3 is 2.45 bits per heavy atom. The quantitative estimate of drug-likeness (QED) is 0.515. The number of likely N-dealkylation sites (tertiary alicyclic amines) is 2. The second-order valence-corrected chi connectivity index (χ2v) is 13.6. The SMILES string of the molecule is CC(C)N1C(=O)OC2(CCCN(C3CCN(C(=O)c4cc(-c5ccccn5)sc4N(C(=O)O)C(C)(C)C)CC3)C2)C1=O. The molecule has 0 aromatic carbocycles. The molecule has 12 heteroatoms. The van der Waals surface area contributed by atoms with Gasteiger partial charge in [-0.2, -0.15) is 0 Å². The van der Waals surface area contributed by atoms with E-state index in [4.69, 9.17) is 4.74 Å². The number of piperidine rings is 2. The third kappa shape index (κ3) is 5.49. The molecule has 5 heterocycles. The van der Waals surface area contributed by atoms with Gasteiger partial charge in [-0.3, -0.25) is 24.4 Å². The number of nitrogens with zero attached hydrogens (tertiary/aromatic N) is 5. The summed E-state index contributed by atoms with van der Waals surface area (Å²) in [5.41, 5.74) is -0.868. The van der Waals surface area contributed by atoms with E-state index >= 15 is 0 Å². The van der Waals surface area contributed by atoms with E-state index in [1.807, 2.05) is 18.2 Å². The first-order valence-electron chi connectivity index (χ1n) is 14.5. The highest BCUT2D eigenvalue weighted by molar-refractivity contribution is 7.20. The highest BCUT2D eigenvalue weighted by atomic mass is 32.1. The highest BCUT2D eigenvalue weighted by Crippen LogP contribution is 2.41. The van der Waals surface area contributed by atoms with Crippen LogP contribution in [0.15, 0.2) is 30.5 Å². The zero-order chi connectivity index (χ0) is 30.4. The zero-order valence-electron chi connectivity index (χ0n) is 24.8. The molecule has 0 aliphatic carbocycles. The predicted molar refractivity (Wildman–Crippen MR) is 159 cm³/mol. The van der Waals surface area contributed by atoms with Gasteiger partial charge in [0.2, 0.25) is 5.60 Å². The summed E-state index contributed by atoms with van der Waals surface area (Å²) in [5.74, 6) is -0.463. The summed E-state index contributed by atoms with van der Waals surface area (Å²) in [4.78, 5) is 63.7. The summed E-state index contributed by atoms with van der Waals surface area (Å²) in [6.45, 7) is 11.2. The molecule has 3 fully saturated rings. The highest BCUT2D eigenvalue weighted by Gasteiger charge is 2.57. The molecule has 3 aliphatic rings. The number of anilines is 1. The molecule has 2 aromatic heterocycles. The van der Waals surface area contributed by atoms with Crippen LogP contribution in [-0.2, 0) is 9.53 Å². The summed E-state index contributed by atoms with van der Waals surface area (Å²) < 4.78 is 5.71. The number of carbonyl (C=O) groups is 4. The van der Waals surface area contributed by atoms with E-state index in [-0.39, 0.29) is 23.9 Å². The minimum atomic E-state index is -1.13. The first-order chi connectivity index (χ1) is 19.8. The van der Waals surface area contributed by atoms with Gasteiger partial charge in [-0.15, -0.1) is 11.3 Å². The molecule has 4 amide bonds. The smallest absolute Gasteiger partial charge is 0.418 e. The number of amides is 4. The van der Waals surface area contributed by atoms with Crippen LogP contribution < -0.4 is 4.90 Å². The van der Waals surface area contributed by atoms with Crippen molar-refractivity contribution in [3.05, 3.63) is 36.0 Å². The number of pyridine rings is 1. The molecule has 1 unspecified atom stereocenters. The molecule has 3 saturated heterocycles. The Hall–Kier alpha value is -3.51. The summed E-state index contributed by atoms with van der Waals surface area (Å²) in [6.07, 6.45) is 2.64. The molecular formula is C30H39N5O6S. The van der Waals surface area contributed by atoms with E-state index in [1.165, 1.54) is 21.1 Å². The standard InChI is InChI=1S/C30H39N5O6S/c1-19(2)34-26(37)30(41-28(34)40)12-8-14-33(18-30)20-10-15-32(16-11-20)24(36)21-17-23(22-9-6-7-13-31-22)42-25(21)35(27(38)39)29(3,4)5/h6-7,9,13,17,19-20H,8,10-12,14-16,18H2,1-5H3,(H,38,39). The first kappa shape index (κ1) is 30.0. The van der Waals surface area contributed by atoms with Gasteiger partial charge in [-0.1, -0.05) is 6.07 Å². The van der Waals surface area contributed by atoms with Gasteiger partial charge >= 0.3 is 12.2 Å². The Labute approximate surface area is 250 Å². The number of imide groups is 1. The molecule has 1 spiro atoms. The van der Waals surface area contributed by atoms with E-state index in [9.17, 15) is 24.3 Å². The average molecular weight is 598 g/mol. The van der Waals surface area contributed by atoms with E-state index in [1.54, 1.807) is 51.8 Å². The number of rotatable bonds is 5. The van der Waals surface area contributed by atoms with Crippen LogP contribution in [0, 0.1) is 0 Å². The normalized spacial score (nSPS) is 22.2. The fourth-order valence-electron chi connectivity index (χ4n) is 6.25. The second-order valence-electron chi connectivity index (χ2n) is 12.6. The molecule has 3 aliphatic heterocycles. The van der Waals surface area contributed by atoms with Gasteiger partial charge in [-0.05, 0) is 85.0 Å². The third-order valence-electron chi connectivity index (χ3n) is 8.28. The topological polar surface area (TPSA) is 124 Å². The molecular weight excluding hydrogens is 558 g/mol. The fraction of sp³-hybridized carbons (Fsp3) is 0.567. The van der Waals surface area contributed by atoms with Crippen molar-refractivity contribution in [2.24, 2.45) is 0 Å². The number of hydrogen-bond donors (Lipinski definition) is 1. The maximum atomic E-state index is 14.0. The van der Waals surface area contributed by atoms with Crippen LogP contribution in [0.25, 0.3) is 10.6 Å². The van der Waals surface area contributed by atoms with Gasteiger partial charge in [0.25, 0.3) is 11.8 Å². The average Bonchev–Trinajstić information content (AvgIpc) is 3.46. The van der Waals surface area contributed by atoms with E-state index < -0.39 is 23.3 Å². The van der Waals surface area contributed by atoms with Gasteiger partial charge in [0.05, 0.1) is 16.1 Å². The van der Waals surface area contributed by atoms with Crippen molar-refractivity contribution in [2.75, 3.05) is 31.1 Å². The van der Waals surface area contributed by atoms with Crippen LogP contribution in [0.4, 0.5) is 14.6 Å². The molecule has 0 radical (unpaired) electrons. The van der Waals surface area contributed by atoms with Crippen LogP contribution in [-0.4, -0.2) is 98.2 Å². The van der Waals surface area contributed by atoms with Gasteiger partial charge < -0.3 is 14.7 Å². The van der Waals surface area contributed by atoms with Crippen molar-refractivity contribution in [3.63, 3.8) is 0 Å². The number of thiophene rings is 1. The van der Waals surface area contributed by atoms with Gasteiger partial charge in [0.1, 0.15) is 5.00 Å². The lowest BCUT2D eigenvalue weighted by atomic mass is 9.89. The van der Waals surface area contributed by atoms with Crippen molar-refractivity contribution in [3.8, 4) is 10.6 Å². The Morgan fingerprint density at radius 2 is 1.88 bits per heavy atom. The maximum absolute atomic E-state index is 14.0. The van der Waals surface area contributed by atoms with Gasteiger partial charge in [0, 0.05) is 43.5 Å². The number of ether oxygens (including phenoxy) is 1. The fourth-order valence-corrected chi connectivity index (χ4v) is 7.56. The molecule has 2 aromatic rings. The molecule has 11 nitrogen and oxygen atoms in total. The summed E-state index contributed by atoms with van der Waals surface area (Å²) in [6, 6.07) is 7.15. The molecule has 0 bridgehead atoms. The van der Waals surface area contributed by atoms with Crippen molar-refractivity contribution in [2.45, 2.75) is 83.5 Å². The number of hydrogen-bond acceptors (Lipinski definition) is 8. The van der Waals surface area contributed by atoms with Crippen LogP contribution in [0.1, 0.15) is 70.7 Å². The summed E-state index contributed by atoms with van der Waals surface area (Å²) >= 11 is 1.25. The van der Waals surface area contributed by atoms with Crippen LogP contribution in [0.5, 0.6) is 0 Å². The van der Waals surface area contributed by atoms with Gasteiger partial charge in [-0.25, -0.2) is 14.5 Å². The molecule has 5 rings (SSSR count). The third-order valence-corrected chi connectivity index (χ3v) is 9.43. The Kier molecular flexibility index (Phi) is 8.06. The molecule has 42 heavy (non-hydrogen) atoms. The molecule has 0 saturated carbocycles. The van der Waals surface area contributed by atoms with Crippen molar-refractivity contribution >= 4 is 40.3 Å². The lowest BCUT2D eigenvalue weighted by molar-refractivity contribution is -0.143. The molecule has 226 valence electrons. The van der Waals surface area contributed by atoms with Crippen molar-refractivity contribution < 1.29 is 29.0 Å². The monoisotopic (exact) mass is 597 g/mol. The Balaban J connectivity index is 1.33. The van der Waals surface area contributed by atoms with Crippen LogP contribution in [0.3, 0.4) is 0 Å². The molecule has 1 atom stereocenters. The van der Waals surface area contributed by atoms with Crippen molar-refractivity contribution in [1.82, 2.24) is 19.7 Å². The van der Waals surface area contributed by atoms with Gasteiger partial charge in [0.15, 0.2) is 0 Å². The Morgan fingerprint density at radius 1 is 1.17 bits per heavy atom. The zero-order valence-corrected chi connectivity index (χ0v) is 25.6. The lowest BCUT2D eigenvalue weighted by Gasteiger charge is -2.44. The van der Waals surface area contributed by atoms with E-state index in [0.717, 1.165) is 17.8 Å². The van der Waals surface area contributed by atoms with Crippen molar-refractivity contribution in [1.29, 1.82) is 0 Å². The second kappa shape index (κ2) is 11.3. The first-order valence-corrected chi connectivity index (χ1v) is 15.3. The molecule has 1 N–H and O–H groups in total.